The number of carbonyl (C=O) groups is 1. The van der Waals surface area contributed by atoms with Crippen LogP contribution in [-0.2, 0) is 6.42 Å². The molecule has 0 amide bonds. The van der Waals surface area contributed by atoms with E-state index >= 15 is 0 Å². The highest BCUT2D eigenvalue weighted by Crippen LogP contribution is 2.39. The van der Waals surface area contributed by atoms with Crippen LogP contribution in [0.1, 0.15) is 22.8 Å². The van der Waals surface area contributed by atoms with Gasteiger partial charge in [-0.2, -0.15) is 0 Å². The number of carbonyl (C=O) groups excluding carboxylic acids is 1. The summed E-state index contributed by atoms with van der Waals surface area (Å²) in [6, 6.07) is 1.59. The van der Waals surface area contributed by atoms with E-state index in [9.17, 15) is 4.79 Å². The van der Waals surface area contributed by atoms with Crippen LogP contribution in [0.2, 0.25) is 5.02 Å². The van der Waals surface area contributed by atoms with Gasteiger partial charge in [-0.25, -0.2) is 0 Å². The summed E-state index contributed by atoms with van der Waals surface area (Å²) in [5, 5.41) is 0.383. The molecule has 4 heteroatoms. The van der Waals surface area contributed by atoms with Crippen LogP contribution in [0.25, 0.3) is 0 Å². The molecular weight excluding hydrogens is 216 g/mol. The molecule has 0 N–H and O–H groups in total. The molecule has 0 unspecified atom stereocenters. The first-order chi connectivity index (χ1) is 7.19. The fourth-order valence-electron chi connectivity index (χ4n) is 1.54. The Bertz CT molecular complexity index is 375. The van der Waals surface area contributed by atoms with Gasteiger partial charge in [0.1, 0.15) is 0 Å². The van der Waals surface area contributed by atoms with Gasteiger partial charge in [-0.1, -0.05) is 18.5 Å². The number of hydrogen-bond acceptors (Lipinski definition) is 3. The average Bonchev–Trinajstić information content (AvgIpc) is 2.27. The second-order valence-electron chi connectivity index (χ2n) is 2.96. The molecule has 0 bridgehead atoms. The van der Waals surface area contributed by atoms with E-state index in [2.05, 4.69) is 0 Å². The predicted octanol–water partition coefficient (Wildman–Crippen LogP) is 2.73. The summed E-state index contributed by atoms with van der Waals surface area (Å²) in [4.78, 5) is 10.9. The Kier molecular flexibility index (Phi) is 3.97. The number of halogens is 1. The molecule has 0 radical (unpaired) electrons. The molecule has 82 valence electrons. The molecule has 3 nitrogen and oxygen atoms in total. The maximum atomic E-state index is 10.9. The Labute approximate surface area is 93.9 Å². The van der Waals surface area contributed by atoms with Crippen molar-refractivity contribution in [1.29, 1.82) is 0 Å². The molecule has 0 atom stereocenters. The van der Waals surface area contributed by atoms with E-state index in [-0.39, 0.29) is 0 Å². The van der Waals surface area contributed by atoms with Gasteiger partial charge < -0.3 is 9.47 Å². The highest BCUT2D eigenvalue weighted by atomic mass is 35.5. The lowest BCUT2D eigenvalue weighted by Gasteiger charge is -2.14. The third-order valence-corrected chi connectivity index (χ3v) is 2.50. The van der Waals surface area contributed by atoms with Gasteiger partial charge in [0.05, 0.1) is 19.2 Å². The number of ether oxygens (including phenoxy) is 2. The van der Waals surface area contributed by atoms with Crippen molar-refractivity contribution in [3.8, 4) is 11.5 Å². The van der Waals surface area contributed by atoms with Gasteiger partial charge >= 0.3 is 0 Å². The first kappa shape index (κ1) is 11.9. The molecule has 0 saturated carbocycles. The van der Waals surface area contributed by atoms with E-state index in [1.165, 1.54) is 14.2 Å². The Hall–Kier alpha value is -1.22. The second kappa shape index (κ2) is 5.03. The molecule has 0 saturated heterocycles. The molecule has 0 aliphatic carbocycles. The summed E-state index contributed by atoms with van der Waals surface area (Å²) < 4.78 is 10.3. The van der Waals surface area contributed by atoms with Gasteiger partial charge in [0.2, 0.25) is 0 Å². The van der Waals surface area contributed by atoms with Crippen molar-refractivity contribution in [1.82, 2.24) is 0 Å². The van der Waals surface area contributed by atoms with Crippen molar-refractivity contribution >= 4 is 17.9 Å². The lowest BCUT2D eigenvalue weighted by molar-refractivity contribution is 0.112. The summed E-state index contributed by atoms with van der Waals surface area (Å²) in [6.45, 7) is 1.94. The standard InChI is InChI=1S/C11H13ClO3/c1-4-8-7(6-13)5-9(12)11(15-3)10(8)14-2/h5-6H,4H2,1-3H3. The zero-order valence-electron chi connectivity index (χ0n) is 8.96. The molecule has 0 heterocycles. The fourth-order valence-corrected chi connectivity index (χ4v) is 1.82. The van der Waals surface area contributed by atoms with E-state index < -0.39 is 0 Å². The monoisotopic (exact) mass is 228 g/mol. The SMILES string of the molecule is CCc1c(C=O)cc(Cl)c(OC)c1OC. The van der Waals surface area contributed by atoms with Crippen LogP contribution in [0.3, 0.4) is 0 Å². The topological polar surface area (TPSA) is 35.5 Å². The molecule has 15 heavy (non-hydrogen) atoms. The average molecular weight is 229 g/mol. The molecule has 1 aromatic rings. The van der Waals surface area contributed by atoms with E-state index in [1.807, 2.05) is 6.92 Å². The van der Waals surface area contributed by atoms with Gasteiger partial charge in [0.25, 0.3) is 0 Å². The number of aldehydes is 1. The molecule has 0 aliphatic rings. The highest BCUT2D eigenvalue weighted by Gasteiger charge is 2.17. The molecular formula is C11H13ClO3. The first-order valence-electron chi connectivity index (χ1n) is 4.58. The van der Waals surface area contributed by atoms with Crippen LogP contribution in [0.15, 0.2) is 6.07 Å². The van der Waals surface area contributed by atoms with Gasteiger partial charge in [0, 0.05) is 11.1 Å². The van der Waals surface area contributed by atoms with Crippen molar-refractivity contribution < 1.29 is 14.3 Å². The summed E-state index contributed by atoms with van der Waals surface area (Å²) in [7, 11) is 3.05. The van der Waals surface area contributed by atoms with Crippen molar-refractivity contribution in [2.75, 3.05) is 14.2 Å². The lowest BCUT2D eigenvalue weighted by Crippen LogP contribution is -2.00. The third kappa shape index (κ3) is 2.07. The number of rotatable bonds is 4. The Morgan fingerprint density at radius 1 is 1.33 bits per heavy atom. The highest BCUT2D eigenvalue weighted by molar-refractivity contribution is 6.32. The molecule has 0 spiro atoms. The fraction of sp³-hybridized carbons (Fsp3) is 0.364. The van der Waals surface area contributed by atoms with E-state index in [1.54, 1.807) is 6.07 Å². The molecule has 0 aliphatic heterocycles. The van der Waals surface area contributed by atoms with E-state index in [0.717, 1.165) is 11.8 Å². The number of hydrogen-bond donors (Lipinski definition) is 0. The van der Waals surface area contributed by atoms with E-state index in [0.29, 0.717) is 28.5 Å². The van der Waals surface area contributed by atoms with Crippen molar-refractivity contribution in [2.24, 2.45) is 0 Å². The molecule has 0 aromatic heterocycles. The minimum atomic E-state index is 0.383. The van der Waals surface area contributed by atoms with Crippen LogP contribution >= 0.6 is 11.6 Å². The molecule has 1 rings (SSSR count). The summed E-state index contributed by atoms with van der Waals surface area (Å²) in [5.74, 6) is 1.01. The Morgan fingerprint density at radius 3 is 2.33 bits per heavy atom. The van der Waals surface area contributed by atoms with Gasteiger partial charge in [-0.05, 0) is 12.5 Å². The minimum Gasteiger partial charge on any atom is -0.492 e. The van der Waals surface area contributed by atoms with Crippen LogP contribution in [0.4, 0.5) is 0 Å². The Morgan fingerprint density at radius 2 is 1.93 bits per heavy atom. The lowest BCUT2D eigenvalue weighted by atomic mass is 10.0. The van der Waals surface area contributed by atoms with Crippen molar-refractivity contribution in [3.63, 3.8) is 0 Å². The Balaban J connectivity index is 3.51. The van der Waals surface area contributed by atoms with Crippen LogP contribution < -0.4 is 9.47 Å². The smallest absolute Gasteiger partial charge is 0.179 e. The quantitative estimate of drug-likeness (QED) is 0.744. The predicted molar refractivity (Wildman–Crippen MR) is 59.3 cm³/mol. The van der Waals surface area contributed by atoms with Crippen molar-refractivity contribution in [2.45, 2.75) is 13.3 Å². The number of benzene rings is 1. The van der Waals surface area contributed by atoms with Crippen molar-refractivity contribution in [3.05, 3.63) is 22.2 Å². The minimum absolute atomic E-state index is 0.383. The summed E-state index contributed by atoms with van der Waals surface area (Å²) in [6.07, 6.45) is 1.46. The zero-order chi connectivity index (χ0) is 11.4. The number of methoxy groups -OCH3 is 2. The second-order valence-corrected chi connectivity index (χ2v) is 3.37. The normalized spacial score (nSPS) is 9.87. The maximum Gasteiger partial charge on any atom is 0.179 e. The largest absolute Gasteiger partial charge is 0.492 e. The van der Waals surface area contributed by atoms with Gasteiger partial charge in [0.15, 0.2) is 17.8 Å². The van der Waals surface area contributed by atoms with Gasteiger partial charge in [-0.15, -0.1) is 0 Å². The van der Waals surface area contributed by atoms with Crippen LogP contribution in [0, 0.1) is 0 Å². The summed E-state index contributed by atoms with van der Waals surface area (Å²) in [5.41, 5.74) is 1.36. The third-order valence-electron chi connectivity index (χ3n) is 2.22. The zero-order valence-corrected chi connectivity index (χ0v) is 9.72. The van der Waals surface area contributed by atoms with Gasteiger partial charge in [-0.3, -0.25) is 4.79 Å². The molecule has 0 fully saturated rings. The molecule has 1 aromatic carbocycles. The first-order valence-corrected chi connectivity index (χ1v) is 4.95. The maximum absolute atomic E-state index is 10.9. The van der Waals surface area contributed by atoms with E-state index in [4.69, 9.17) is 21.1 Å². The van der Waals surface area contributed by atoms with Crippen LogP contribution in [0.5, 0.6) is 11.5 Å². The summed E-state index contributed by atoms with van der Waals surface area (Å²) >= 11 is 5.96. The van der Waals surface area contributed by atoms with Crippen LogP contribution in [-0.4, -0.2) is 20.5 Å².